The van der Waals surface area contributed by atoms with Crippen LogP contribution in [0.4, 0.5) is 0 Å². The number of hydrogen-bond donors (Lipinski definition) is 0. The maximum absolute atomic E-state index is 12.4. The van der Waals surface area contributed by atoms with E-state index in [1.807, 2.05) is 23.6 Å². The summed E-state index contributed by atoms with van der Waals surface area (Å²) in [6.45, 7) is 6.68. The van der Waals surface area contributed by atoms with E-state index in [0.29, 0.717) is 19.4 Å². The molecule has 1 aromatic heterocycles. The van der Waals surface area contributed by atoms with Gasteiger partial charge in [0.15, 0.2) is 0 Å². The highest BCUT2D eigenvalue weighted by Gasteiger charge is 2.42. The van der Waals surface area contributed by atoms with Crippen LogP contribution >= 0.6 is 0 Å². The van der Waals surface area contributed by atoms with Gasteiger partial charge in [-0.25, -0.2) is 0 Å². The van der Waals surface area contributed by atoms with Crippen LogP contribution in [-0.2, 0) is 16.1 Å². The lowest BCUT2D eigenvalue weighted by molar-refractivity contribution is -0.143. The molecular formula is C18H26N4O2. The lowest BCUT2D eigenvalue weighted by atomic mass is 9.73. The first-order chi connectivity index (χ1) is 11.5. The molecule has 2 saturated heterocycles. The lowest BCUT2D eigenvalue weighted by Gasteiger charge is -2.48. The van der Waals surface area contributed by atoms with Crippen LogP contribution in [0.1, 0.15) is 50.4 Å². The number of likely N-dealkylation sites (tertiary alicyclic amines) is 2. The van der Waals surface area contributed by atoms with Crippen LogP contribution in [0.15, 0.2) is 12.4 Å². The number of hydrogen-bond acceptors (Lipinski definition) is 4. The van der Waals surface area contributed by atoms with E-state index in [4.69, 9.17) is 0 Å². The minimum absolute atomic E-state index is 0.0507. The van der Waals surface area contributed by atoms with Gasteiger partial charge in [-0.15, -0.1) is 0 Å². The highest BCUT2D eigenvalue weighted by atomic mass is 16.2. The molecule has 0 bridgehead atoms. The van der Waals surface area contributed by atoms with Crippen molar-refractivity contribution in [2.24, 2.45) is 5.41 Å². The Hall–Kier alpha value is -1.98. The average molecular weight is 330 g/mol. The van der Waals surface area contributed by atoms with E-state index in [9.17, 15) is 9.59 Å². The molecule has 6 nitrogen and oxygen atoms in total. The van der Waals surface area contributed by atoms with Crippen molar-refractivity contribution in [2.75, 3.05) is 19.6 Å². The van der Waals surface area contributed by atoms with Crippen LogP contribution in [0.25, 0.3) is 0 Å². The Kier molecular flexibility index (Phi) is 4.83. The summed E-state index contributed by atoms with van der Waals surface area (Å²) in [4.78, 5) is 37.0. The molecule has 2 fully saturated rings. The molecule has 0 saturated carbocycles. The number of piperidine rings is 2. The Morgan fingerprint density at radius 3 is 2.79 bits per heavy atom. The number of aromatic nitrogens is 2. The molecule has 1 spiro atoms. The summed E-state index contributed by atoms with van der Waals surface area (Å²) in [6.07, 6.45) is 7.60. The summed E-state index contributed by atoms with van der Waals surface area (Å²) >= 11 is 0. The quantitative estimate of drug-likeness (QED) is 0.849. The smallest absolute Gasteiger partial charge is 0.222 e. The Labute approximate surface area is 143 Å². The van der Waals surface area contributed by atoms with Crippen LogP contribution in [0.3, 0.4) is 0 Å². The van der Waals surface area contributed by atoms with E-state index in [1.165, 1.54) is 0 Å². The van der Waals surface area contributed by atoms with E-state index in [-0.39, 0.29) is 17.2 Å². The first-order valence-corrected chi connectivity index (χ1v) is 8.84. The second-order valence-corrected chi connectivity index (χ2v) is 7.17. The summed E-state index contributed by atoms with van der Waals surface area (Å²) in [5.41, 5.74) is 1.75. The number of carbonyl (C=O) groups excluding carboxylic acids is 2. The maximum atomic E-state index is 12.4. The van der Waals surface area contributed by atoms with Gasteiger partial charge in [0.1, 0.15) is 0 Å². The average Bonchev–Trinajstić information content (AvgIpc) is 2.60. The molecule has 24 heavy (non-hydrogen) atoms. The van der Waals surface area contributed by atoms with Crippen molar-refractivity contribution < 1.29 is 9.59 Å². The molecule has 2 aliphatic heterocycles. The predicted molar refractivity (Wildman–Crippen MR) is 90.0 cm³/mol. The van der Waals surface area contributed by atoms with Gasteiger partial charge in [0.25, 0.3) is 0 Å². The molecule has 2 amide bonds. The topological polar surface area (TPSA) is 66.4 Å². The Morgan fingerprint density at radius 1 is 1.25 bits per heavy atom. The fourth-order valence-corrected chi connectivity index (χ4v) is 3.92. The minimum Gasteiger partial charge on any atom is -0.342 e. The number of rotatable bonds is 3. The lowest BCUT2D eigenvalue weighted by Crippen LogP contribution is -2.54. The highest BCUT2D eigenvalue weighted by Crippen LogP contribution is 2.39. The van der Waals surface area contributed by atoms with Gasteiger partial charge >= 0.3 is 0 Å². The maximum Gasteiger partial charge on any atom is 0.222 e. The number of amides is 2. The molecule has 3 rings (SSSR count). The van der Waals surface area contributed by atoms with Gasteiger partial charge in [0.2, 0.25) is 11.8 Å². The van der Waals surface area contributed by atoms with Crippen molar-refractivity contribution in [3.8, 4) is 0 Å². The van der Waals surface area contributed by atoms with Crippen molar-refractivity contribution >= 4 is 11.8 Å². The molecule has 0 unspecified atom stereocenters. The highest BCUT2D eigenvalue weighted by molar-refractivity contribution is 5.78. The van der Waals surface area contributed by atoms with E-state index < -0.39 is 0 Å². The monoisotopic (exact) mass is 330 g/mol. The van der Waals surface area contributed by atoms with Gasteiger partial charge in [-0.1, -0.05) is 6.92 Å². The second kappa shape index (κ2) is 6.87. The number of carbonyl (C=O) groups is 2. The first-order valence-electron chi connectivity index (χ1n) is 8.84. The molecule has 0 radical (unpaired) electrons. The summed E-state index contributed by atoms with van der Waals surface area (Å²) in [6, 6.07) is 0. The van der Waals surface area contributed by atoms with E-state index in [1.54, 1.807) is 12.4 Å². The van der Waals surface area contributed by atoms with E-state index in [0.717, 1.165) is 50.3 Å². The van der Waals surface area contributed by atoms with Crippen LogP contribution in [0, 0.1) is 12.3 Å². The third-order valence-corrected chi connectivity index (χ3v) is 5.25. The van der Waals surface area contributed by atoms with E-state index >= 15 is 0 Å². The predicted octanol–water partition coefficient (Wildman–Crippen LogP) is 1.93. The second-order valence-electron chi connectivity index (χ2n) is 7.17. The molecule has 0 N–H and O–H groups in total. The Bertz CT molecular complexity index is 616. The van der Waals surface area contributed by atoms with Crippen molar-refractivity contribution in [2.45, 2.75) is 52.5 Å². The molecule has 1 aromatic rings. The van der Waals surface area contributed by atoms with Crippen LogP contribution in [-0.4, -0.2) is 51.2 Å². The van der Waals surface area contributed by atoms with Gasteiger partial charge in [-0.3, -0.25) is 19.6 Å². The van der Waals surface area contributed by atoms with Crippen molar-refractivity contribution in [1.29, 1.82) is 0 Å². The normalized spacial score (nSPS) is 24.5. The Balaban J connectivity index is 1.71. The van der Waals surface area contributed by atoms with Gasteiger partial charge in [0, 0.05) is 44.1 Å². The summed E-state index contributed by atoms with van der Waals surface area (Å²) in [7, 11) is 0. The van der Waals surface area contributed by atoms with Crippen LogP contribution in [0.2, 0.25) is 0 Å². The zero-order valence-electron chi connectivity index (χ0n) is 14.6. The molecule has 6 heteroatoms. The Morgan fingerprint density at radius 2 is 2.08 bits per heavy atom. The van der Waals surface area contributed by atoms with Crippen molar-refractivity contribution in [3.63, 3.8) is 0 Å². The third kappa shape index (κ3) is 3.57. The van der Waals surface area contributed by atoms with E-state index in [2.05, 4.69) is 9.97 Å². The van der Waals surface area contributed by atoms with Crippen LogP contribution in [0.5, 0.6) is 0 Å². The SMILES string of the molecule is CCC(=O)N1CCC[C@]2(CCC(=O)N(Cc3cnc(C)cn3)C2)C1. The third-order valence-electron chi connectivity index (χ3n) is 5.25. The van der Waals surface area contributed by atoms with Crippen molar-refractivity contribution in [1.82, 2.24) is 19.8 Å². The summed E-state index contributed by atoms with van der Waals surface area (Å²) < 4.78 is 0. The minimum atomic E-state index is 0.0507. The zero-order chi connectivity index (χ0) is 17.2. The fraction of sp³-hybridized carbons (Fsp3) is 0.667. The van der Waals surface area contributed by atoms with Gasteiger partial charge < -0.3 is 9.80 Å². The van der Waals surface area contributed by atoms with Gasteiger partial charge in [-0.05, 0) is 26.2 Å². The van der Waals surface area contributed by atoms with Crippen LogP contribution < -0.4 is 0 Å². The molecular weight excluding hydrogens is 304 g/mol. The summed E-state index contributed by atoms with van der Waals surface area (Å²) in [5, 5.41) is 0. The molecule has 0 aromatic carbocycles. The molecule has 3 heterocycles. The molecule has 1 atom stereocenters. The molecule has 2 aliphatic rings. The van der Waals surface area contributed by atoms with Crippen molar-refractivity contribution in [3.05, 3.63) is 23.8 Å². The van der Waals surface area contributed by atoms with Gasteiger partial charge in [0.05, 0.1) is 24.1 Å². The fourth-order valence-electron chi connectivity index (χ4n) is 3.92. The largest absolute Gasteiger partial charge is 0.342 e. The standard InChI is InChI=1S/C18H26N4O2/c1-3-16(23)21-8-4-6-18(12-21)7-5-17(24)22(13-18)11-15-10-19-14(2)9-20-15/h9-10H,3-8,11-13H2,1-2H3/t18-/m0/s1. The zero-order valence-corrected chi connectivity index (χ0v) is 14.6. The molecule has 130 valence electrons. The number of nitrogens with zero attached hydrogens (tertiary/aromatic N) is 4. The summed E-state index contributed by atoms with van der Waals surface area (Å²) in [5.74, 6) is 0.406. The first kappa shape index (κ1) is 16.9. The number of aryl methyl sites for hydroxylation is 1. The van der Waals surface area contributed by atoms with Gasteiger partial charge in [-0.2, -0.15) is 0 Å². The molecule has 0 aliphatic carbocycles.